The van der Waals surface area contributed by atoms with Crippen LogP contribution in [0.3, 0.4) is 0 Å². The lowest BCUT2D eigenvalue weighted by molar-refractivity contribution is 0.169. The third kappa shape index (κ3) is 1.96. The Labute approximate surface area is 85.6 Å². The zero-order valence-electron chi connectivity index (χ0n) is 8.31. The van der Waals surface area contributed by atoms with Crippen molar-refractivity contribution in [3.63, 3.8) is 0 Å². The molecule has 2 aliphatic carbocycles. The van der Waals surface area contributed by atoms with Gasteiger partial charge in [-0.05, 0) is 24.7 Å². The van der Waals surface area contributed by atoms with Crippen molar-refractivity contribution in [2.24, 2.45) is 11.8 Å². The molecular weight excluding hydrogens is 200 g/mol. The van der Waals surface area contributed by atoms with E-state index in [1.165, 1.54) is 6.42 Å². The fourth-order valence-electron chi connectivity index (χ4n) is 3.24. The van der Waals surface area contributed by atoms with E-state index in [2.05, 4.69) is 0 Å². The second kappa shape index (κ2) is 3.81. The zero-order valence-corrected chi connectivity index (χ0v) is 9.13. The van der Waals surface area contributed by atoms with Gasteiger partial charge in [0.2, 0.25) is 0 Å². The predicted octanol–water partition coefficient (Wildman–Crippen LogP) is 1.89. The molecule has 0 N–H and O–H groups in total. The molecule has 3 atom stereocenters. The first-order valence-electron chi connectivity index (χ1n) is 5.54. The highest BCUT2D eigenvalue weighted by Gasteiger charge is 2.37. The van der Waals surface area contributed by atoms with E-state index in [0.717, 1.165) is 32.1 Å². The van der Waals surface area contributed by atoms with E-state index in [4.69, 9.17) is 0 Å². The van der Waals surface area contributed by atoms with Gasteiger partial charge < -0.3 is 4.55 Å². The highest BCUT2D eigenvalue weighted by atomic mass is 32.2. The third-order valence-corrected chi connectivity index (χ3v) is 5.21. The summed E-state index contributed by atoms with van der Waals surface area (Å²) in [5.74, 6) is 0.700. The van der Waals surface area contributed by atoms with Crippen molar-refractivity contribution in [1.29, 1.82) is 0 Å². The molecule has 3 unspecified atom stereocenters. The Morgan fingerprint density at radius 2 is 1.57 bits per heavy atom. The van der Waals surface area contributed by atoms with E-state index in [1.54, 1.807) is 0 Å². The highest BCUT2D eigenvalue weighted by Crippen LogP contribution is 2.42. The standard InChI is InChI=1S/C10H18O3S/c11-14(12,13)10-7-3-5-8-4-1-2-6-9(8)10/h8-10H,1-7H2,(H,11,12,13)/p-1. The number of rotatable bonds is 1. The van der Waals surface area contributed by atoms with Gasteiger partial charge >= 0.3 is 0 Å². The Balaban J connectivity index is 2.17. The SMILES string of the molecule is O=S(=O)([O-])C1CCCC2CCCCC21. The number of hydrogen-bond donors (Lipinski definition) is 0. The van der Waals surface area contributed by atoms with Gasteiger partial charge in [0.05, 0.1) is 15.4 Å². The van der Waals surface area contributed by atoms with Gasteiger partial charge in [0.1, 0.15) is 0 Å². The topological polar surface area (TPSA) is 57.2 Å². The molecule has 0 radical (unpaired) electrons. The minimum atomic E-state index is -4.05. The summed E-state index contributed by atoms with van der Waals surface area (Å²) in [6, 6.07) is 0. The van der Waals surface area contributed by atoms with E-state index >= 15 is 0 Å². The average molecular weight is 217 g/mol. The maximum atomic E-state index is 11.1. The molecule has 0 spiro atoms. The van der Waals surface area contributed by atoms with Gasteiger partial charge in [-0.1, -0.05) is 32.1 Å². The third-order valence-electron chi connectivity index (χ3n) is 3.88. The van der Waals surface area contributed by atoms with Crippen molar-refractivity contribution in [2.45, 2.75) is 50.2 Å². The summed E-state index contributed by atoms with van der Waals surface area (Å²) >= 11 is 0. The molecule has 4 heteroatoms. The summed E-state index contributed by atoms with van der Waals surface area (Å²) in [4.78, 5) is 0. The molecule has 2 fully saturated rings. The van der Waals surface area contributed by atoms with Crippen LogP contribution >= 0.6 is 0 Å². The summed E-state index contributed by atoms with van der Waals surface area (Å²) in [5.41, 5.74) is 0. The van der Waals surface area contributed by atoms with Gasteiger partial charge in [0, 0.05) is 0 Å². The molecule has 0 aromatic rings. The predicted molar refractivity (Wildman–Crippen MR) is 52.8 cm³/mol. The van der Waals surface area contributed by atoms with Crippen molar-refractivity contribution in [3.8, 4) is 0 Å². The molecule has 0 saturated heterocycles. The molecule has 14 heavy (non-hydrogen) atoms. The fraction of sp³-hybridized carbons (Fsp3) is 1.00. The van der Waals surface area contributed by atoms with Crippen LogP contribution in [-0.2, 0) is 10.1 Å². The molecule has 0 bridgehead atoms. The quantitative estimate of drug-likeness (QED) is 0.630. The molecule has 3 nitrogen and oxygen atoms in total. The first kappa shape index (κ1) is 10.4. The van der Waals surface area contributed by atoms with E-state index < -0.39 is 15.4 Å². The summed E-state index contributed by atoms with van der Waals surface area (Å²) in [6.07, 6.45) is 7.07. The summed E-state index contributed by atoms with van der Waals surface area (Å²) in [6.45, 7) is 0. The minimum absolute atomic E-state index is 0.181. The highest BCUT2D eigenvalue weighted by molar-refractivity contribution is 7.86. The van der Waals surface area contributed by atoms with Crippen LogP contribution in [0.2, 0.25) is 0 Å². The van der Waals surface area contributed by atoms with Crippen LogP contribution < -0.4 is 0 Å². The Hall–Kier alpha value is -0.0900. The Morgan fingerprint density at radius 1 is 0.929 bits per heavy atom. The van der Waals surface area contributed by atoms with Crippen LogP contribution in [0.5, 0.6) is 0 Å². The first-order valence-corrected chi connectivity index (χ1v) is 7.01. The molecule has 0 heterocycles. The van der Waals surface area contributed by atoms with Gasteiger partial charge in [0.25, 0.3) is 0 Å². The maximum absolute atomic E-state index is 11.1. The molecule has 0 amide bonds. The van der Waals surface area contributed by atoms with Crippen LogP contribution in [0.15, 0.2) is 0 Å². The Kier molecular flexibility index (Phi) is 2.84. The molecular formula is C10H17O3S-. The summed E-state index contributed by atoms with van der Waals surface area (Å²) < 4.78 is 33.3. The molecule has 0 aliphatic heterocycles. The largest absolute Gasteiger partial charge is 0.748 e. The lowest BCUT2D eigenvalue weighted by Crippen LogP contribution is -2.39. The van der Waals surface area contributed by atoms with Crippen molar-refractivity contribution in [3.05, 3.63) is 0 Å². The van der Waals surface area contributed by atoms with Crippen molar-refractivity contribution in [1.82, 2.24) is 0 Å². The van der Waals surface area contributed by atoms with Crippen LogP contribution in [0.25, 0.3) is 0 Å². The molecule has 2 aliphatic rings. The monoisotopic (exact) mass is 217 g/mol. The van der Waals surface area contributed by atoms with Crippen LogP contribution in [0.1, 0.15) is 44.9 Å². The molecule has 0 aromatic carbocycles. The zero-order chi connectivity index (χ0) is 10.2. The van der Waals surface area contributed by atoms with Crippen molar-refractivity contribution in [2.75, 3.05) is 0 Å². The second-order valence-electron chi connectivity index (χ2n) is 4.67. The van der Waals surface area contributed by atoms with Gasteiger partial charge in [-0.2, -0.15) is 0 Å². The van der Waals surface area contributed by atoms with Crippen LogP contribution in [-0.4, -0.2) is 18.2 Å². The fourth-order valence-corrected chi connectivity index (χ4v) is 4.48. The maximum Gasteiger partial charge on any atom is 0.0978 e. The van der Waals surface area contributed by atoms with Gasteiger partial charge in [-0.15, -0.1) is 0 Å². The number of fused-ring (bicyclic) bond motifs is 1. The molecule has 82 valence electrons. The summed E-state index contributed by atoms with van der Waals surface area (Å²) in [5, 5.41) is -0.568. The smallest absolute Gasteiger partial charge is 0.0978 e. The average Bonchev–Trinajstić information content (AvgIpc) is 2.15. The van der Waals surface area contributed by atoms with Gasteiger partial charge in [0.15, 0.2) is 0 Å². The van der Waals surface area contributed by atoms with Crippen molar-refractivity contribution < 1.29 is 13.0 Å². The van der Waals surface area contributed by atoms with E-state index in [0.29, 0.717) is 12.3 Å². The van der Waals surface area contributed by atoms with E-state index in [1.807, 2.05) is 0 Å². The first-order chi connectivity index (χ1) is 6.59. The Morgan fingerprint density at radius 3 is 2.29 bits per heavy atom. The van der Waals surface area contributed by atoms with Gasteiger partial charge in [-0.3, -0.25) is 0 Å². The molecule has 0 aromatic heterocycles. The second-order valence-corrected chi connectivity index (χ2v) is 6.26. The summed E-state index contributed by atoms with van der Waals surface area (Å²) in [7, 11) is -4.05. The number of hydrogen-bond acceptors (Lipinski definition) is 3. The van der Waals surface area contributed by atoms with E-state index in [-0.39, 0.29) is 5.92 Å². The lowest BCUT2D eigenvalue weighted by Gasteiger charge is -2.42. The van der Waals surface area contributed by atoms with E-state index in [9.17, 15) is 13.0 Å². The lowest BCUT2D eigenvalue weighted by atomic mass is 9.71. The normalized spacial score (nSPS) is 39.1. The van der Waals surface area contributed by atoms with Crippen LogP contribution in [0, 0.1) is 11.8 Å². The minimum Gasteiger partial charge on any atom is -0.748 e. The van der Waals surface area contributed by atoms with Gasteiger partial charge in [-0.25, -0.2) is 8.42 Å². The van der Waals surface area contributed by atoms with Crippen LogP contribution in [0.4, 0.5) is 0 Å². The molecule has 2 rings (SSSR count). The van der Waals surface area contributed by atoms with Crippen molar-refractivity contribution >= 4 is 10.1 Å². The Bertz CT molecular complexity index is 294. The molecule has 2 saturated carbocycles.